The molecule has 5 rings (SSSR count). The molecular weight excluding hydrogens is 615 g/mol. The molecule has 0 unspecified atom stereocenters. The number of aliphatic imine (C=N–C) groups is 1. The minimum Gasteiger partial charge on any atom is -0.306 e. The predicted molar refractivity (Wildman–Crippen MR) is 166 cm³/mol. The van der Waals surface area contributed by atoms with E-state index in [1.807, 2.05) is 39.0 Å². The lowest BCUT2D eigenvalue weighted by Gasteiger charge is -2.22. The van der Waals surface area contributed by atoms with E-state index in [-0.39, 0.29) is 34.2 Å². The van der Waals surface area contributed by atoms with E-state index < -0.39 is 17.8 Å². The van der Waals surface area contributed by atoms with Gasteiger partial charge >= 0.3 is 12.2 Å². The van der Waals surface area contributed by atoms with Crippen LogP contribution in [0.5, 0.6) is 0 Å². The number of hydrogen-bond donors (Lipinski definition) is 1. The summed E-state index contributed by atoms with van der Waals surface area (Å²) in [6, 6.07) is 13.0. The summed E-state index contributed by atoms with van der Waals surface area (Å²) in [5, 5.41) is 7.02. The maximum Gasteiger partial charge on any atom is 0.417 e. The number of aryl methyl sites for hydroxylation is 1. The molecule has 0 aliphatic carbocycles. The molecule has 9 nitrogen and oxygen atoms in total. The molecule has 0 spiro atoms. The number of carbonyl (C=O) groups is 2. The summed E-state index contributed by atoms with van der Waals surface area (Å²) in [4.78, 5) is 39.2. The fourth-order valence-corrected chi connectivity index (χ4v) is 5.42. The molecule has 0 radical (unpaired) electrons. The molecule has 1 fully saturated rings. The molecule has 1 N–H and O–H groups in total. The number of aromatic nitrogens is 4. The minimum atomic E-state index is -4.56. The van der Waals surface area contributed by atoms with Gasteiger partial charge in [-0.2, -0.15) is 18.2 Å². The maximum atomic E-state index is 12.9. The second-order valence-electron chi connectivity index (χ2n) is 10.1. The van der Waals surface area contributed by atoms with Gasteiger partial charge in [-0.05, 0) is 59.9 Å². The Morgan fingerprint density at radius 2 is 1.86 bits per heavy atom. The van der Waals surface area contributed by atoms with Gasteiger partial charge in [-0.15, -0.1) is 5.10 Å². The van der Waals surface area contributed by atoms with Crippen molar-refractivity contribution in [1.29, 1.82) is 0 Å². The molecule has 3 amide bonds. The summed E-state index contributed by atoms with van der Waals surface area (Å²) in [6.07, 6.45) is 0.738. The van der Waals surface area contributed by atoms with Gasteiger partial charge in [0.05, 0.1) is 22.0 Å². The van der Waals surface area contributed by atoms with Crippen LogP contribution in [0.2, 0.25) is 5.02 Å². The number of amides is 3. The zero-order chi connectivity index (χ0) is 31.6. The molecule has 4 aromatic rings. The van der Waals surface area contributed by atoms with Crippen LogP contribution < -0.4 is 10.2 Å². The Hall–Kier alpha value is -4.49. The summed E-state index contributed by atoms with van der Waals surface area (Å²) in [7, 11) is 0. The summed E-state index contributed by atoms with van der Waals surface area (Å²) >= 11 is 7.20. The molecule has 0 atom stereocenters. The highest BCUT2D eigenvalue weighted by molar-refractivity contribution is 8.15. The van der Waals surface area contributed by atoms with Crippen molar-refractivity contribution < 1.29 is 22.8 Å². The van der Waals surface area contributed by atoms with E-state index in [0.29, 0.717) is 17.1 Å². The topological polar surface area (TPSA) is 105 Å². The standard InChI is InChI=1S/C30H25ClF3N7O2S/c1-17(2)22-10-4-18(3)12-24(22)41-26(42)15-44-29(41)38-28(43)37-21-8-5-19(6-9-21)7-11-25-36-16-40(39-25)27-23(31)13-20(14-35-27)30(32,33)34/h4-14,16-17H,15H2,1-3H3,(H,37,43). The Bertz CT molecular complexity index is 1790. The molecule has 226 valence electrons. The third-order valence-corrected chi connectivity index (χ3v) is 7.68. The zero-order valence-corrected chi connectivity index (χ0v) is 25.2. The van der Waals surface area contributed by atoms with Crippen molar-refractivity contribution in [1.82, 2.24) is 19.7 Å². The number of benzene rings is 2. The van der Waals surface area contributed by atoms with E-state index >= 15 is 0 Å². The van der Waals surface area contributed by atoms with Crippen LogP contribution in [0.1, 0.15) is 47.8 Å². The van der Waals surface area contributed by atoms with Crippen LogP contribution in [0.25, 0.3) is 18.0 Å². The number of amidine groups is 1. The van der Waals surface area contributed by atoms with E-state index in [9.17, 15) is 22.8 Å². The third-order valence-electron chi connectivity index (χ3n) is 6.47. The lowest BCUT2D eigenvalue weighted by molar-refractivity contribution is -0.137. The number of rotatable bonds is 6. The molecule has 0 bridgehead atoms. The van der Waals surface area contributed by atoms with Crippen LogP contribution in [0.15, 0.2) is 66.0 Å². The molecule has 2 aromatic carbocycles. The smallest absolute Gasteiger partial charge is 0.306 e. The highest BCUT2D eigenvalue weighted by Gasteiger charge is 2.33. The van der Waals surface area contributed by atoms with E-state index in [1.54, 1.807) is 36.4 Å². The van der Waals surface area contributed by atoms with Gasteiger partial charge in [0.1, 0.15) is 6.33 Å². The van der Waals surface area contributed by atoms with Gasteiger partial charge in [-0.1, -0.05) is 67.6 Å². The summed E-state index contributed by atoms with van der Waals surface area (Å²) in [5.74, 6) is 0.520. The molecule has 1 aliphatic rings. The van der Waals surface area contributed by atoms with Crippen LogP contribution in [0.4, 0.5) is 29.3 Å². The van der Waals surface area contributed by atoms with Gasteiger partial charge < -0.3 is 5.32 Å². The van der Waals surface area contributed by atoms with Gasteiger partial charge in [0.2, 0.25) is 5.91 Å². The van der Waals surface area contributed by atoms with Crippen LogP contribution in [-0.4, -0.2) is 42.6 Å². The second kappa shape index (κ2) is 12.6. The van der Waals surface area contributed by atoms with Crippen LogP contribution in [-0.2, 0) is 11.0 Å². The normalized spacial score (nSPS) is 14.8. The fraction of sp³-hybridized carbons (Fsp3) is 0.200. The summed E-state index contributed by atoms with van der Waals surface area (Å²) < 4.78 is 39.8. The van der Waals surface area contributed by atoms with Crippen molar-refractivity contribution in [2.24, 2.45) is 4.99 Å². The van der Waals surface area contributed by atoms with Crippen molar-refractivity contribution in [2.75, 3.05) is 16.0 Å². The Balaban J connectivity index is 1.25. The molecular formula is C30H25ClF3N7O2S. The van der Waals surface area contributed by atoms with Crippen molar-refractivity contribution >= 4 is 64.0 Å². The van der Waals surface area contributed by atoms with Crippen molar-refractivity contribution in [3.05, 3.63) is 94.2 Å². The van der Waals surface area contributed by atoms with E-state index in [4.69, 9.17) is 11.6 Å². The van der Waals surface area contributed by atoms with E-state index in [2.05, 4.69) is 25.4 Å². The van der Waals surface area contributed by atoms with E-state index in [0.717, 1.165) is 28.4 Å². The van der Waals surface area contributed by atoms with Crippen LogP contribution in [0, 0.1) is 6.92 Å². The van der Waals surface area contributed by atoms with Crippen LogP contribution in [0.3, 0.4) is 0 Å². The van der Waals surface area contributed by atoms with Crippen molar-refractivity contribution in [3.63, 3.8) is 0 Å². The number of halogens is 4. The molecule has 1 saturated heterocycles. The molecule has 44 heavy (non-hydrogen) atoms. The van der Waals surface area contributed by atoms with Crippen molar-refractivity contribution in [3.8, 4) is 5.82 Å². The number of thioether (sulfide) groups is 1. The number of carbonyl (C=O) groups excluding carboxylic acids is 2. The number of urea groups is 1. The Morgan fingerprint density at radius 3 is 2.55 bits per heavy atom. The van der Waals surface area contributed by atoms with Gasteiger partial charge in [0.15, 0.2) is 16.8 Å². The monoisotopic (exact) mass is 639 g/mol. The second-order valence-corrected chi connectivity index (χ2v) is 11.4. The first-order valence-electron chi connectivity index (χ1n) is 13.3. The molecule has 3 heterocycles. The highest BCUT2D eigenvalue weighted by atomic mass is 35.5. The summed E-state index contributed by atoms with van der Waals surface area (Å²) in [5.41, 5.74) is 3.02. The average molecular weight is 640 g/mol. The zero-order valence-electron chi connectivity index (χ0n) is 23.6. The third kappa shape index (κ3) is 7.00. The maximum absolute atomic E-state index is 12.9. The largest absolute Gasteiger partial charge is 0.417 e. The van der Waals surface area contributed by atoms with Crippen molar-refractivity contribution in [2.45, 2.75) is 32.9 Å². The number of hydrogen-bond acceptors (Lipinski definition) is 6. The van der Waals surface area contributed by atoms with Crippen LogP contribution >= 0.6 is 23.4 Å². The average Bonchev–Trinajstić information content (AvgIpc) is 3.58. The first kappa shape index (κ1) is 31.0. The van der Waals surface area contributed by atoms with Gasteiger partial charge in [-0.25, -0.2) is 19.4 Å². The Kier molecular flexibility index (Phi) is 8.88. The fourth-order valence-electron chi connectivity index (χ4n) is 4.31. The molecule has 2 aromatic heterocycles. The number of pyridine rings is 1. The first-order valence-corrected chi connectivity index (χ1v) is 14.6. The predicted octanol–water partition coefficient (Wildman–Crippen LogP) is 7.60. The van der Waals surface area contributed by atoms with Gasteiger partial charge in [-0.3, -0.25) is 9.69 Å². The lowest BCUT2D eigenvalue weighted by atomic mass is 9.99. The van der Waals surface area contributed by atoms with E-state index in [1.165, 1.54) is 27.7 Å². The number of alkyl halides is 3. The number of nitrogens with zero attached hydrogens (tertiary/aromatic N) is 6. The number of anilines is 2. The highest BCUT2D eigenvalue weighted by Crippen LogP contribution is 2.34. The summed E-state index contributed by atoms with van der Waals surface area (Å²) in [6.45, 7) is 6.04. The molecule has 14 heteroatoms. The number of nitrogens with one attached hydrogen (secondary N) is 1. The SMILES string of the molecule is Cc1ccc(C(C)C)c(N2C(=O)CSC2=NC(=O)Nc2ccc(C=Cc3ncn(-c4ncc(C(F)(F)F)cc4Cl)n3)cc2)c1. The molecule has 0 saturated carbocycles. The first-order chi connectivity index (χ1) is 20.9. The quantitative estimate of drug-likeness (QED) is 0.233. The van der Waals surface area contributed by atoms with Gasteiger partial charge in [0.25, 0.3) is 0 Å². The molecule has 1 aliphatic heterocycles. The van der Waals surface area contributed by atoms with Gasteiger partial charge in [0, 0.05) is 11.9 Å². The minimum absolute atomic E-state index is 0.0122. The Labute approximate surface area is 259 Å². The lowest BCUT2D eigenvalue weighted by Crippen LogP contribution is -2.31. The Morgan fingerprint density at radius 1 is 1.11 bits per heavy atom.